The van der Waals surface area contributed by atoms with Crippen molar-refractivity contribution in [3.8, 4) is 0 Å². The van der Waals surface area contributed by atoms with E-state index < -0.39 is 50.3 Å². The predicted molar refractivity (Wildman–Crippen MR) is 184 cm³/mol. The van der Waals surface area contributed by atoms with Crippen molar-refractivity contribution >= 4 is 44.7 Å². The summed E-state index contributed by atoms with van der Waals surface area (Å²) in [4.78, 5) is 57.1. The van der Waals surface area contributed by atoms with E-state index in [4.69, 9.17) is 9.16 Å². The van der Waals surface area contributed by atoms with Gasteiger partial charge in [-0.2, -0.15) is 0 Å². The van der Waals surface area contributed by atoms with E-state index in [1.807, 2.05) is 94.5 Å². The molecule has 3 amide bonds. The first-order valence-electron chi connectivity index (χ1n) is 15.7. The number of likely N-dealkylation sites (tertiary alicyclic amines) is 1. The molecule has 8 nitrogen and oxygen atoms in total. The van der Waals surface area contributed by atoms with E-state index in [9.17, 15) is 19.2 Å². The molecule has 2 heterocycles. The maximum absolute atomic E-state index is 14.4. The van der Waals surface area contributed by atoms with E-state index in [1.165, 1.54) is 4.90 Å². The number of hydrogen-bond acceptors (Lipinski definition) is 7. The van der Waals surface area contributed by atoms with E-state index in [2.05, 4.69) is 6.58 Å². The Morgan fingerprint density at radius 2 is 1.36 bits per heavy atom. The van der Waals surface area contributed by atoms with Crippen LogP contribution in [0.4, 0.5) is 0 Å². The SMILES string of the molecule is C=C(C)C(C(=O)OC(c1ccccc1)c1ccccc1)N1C(=O)[C@H]([C@@H](CO[Si](C)C)C(C)(C)C)[C@H]1SN1C(=O)c2ccccc2C1=O. The zero-order valence-electron chi connectivity index (χ0n) is 27.6. The fourth-order valence-corrected chi connectivity index (χ4v) is 7.99. The molecule has 4 atom stereocenters. The van der Waals surface area contributed by atoms with Gasteiger partial charge in [0.15, 0.2) is 12.1 Å². The van der Waals surface area contributed by atoms with E-state index >= 15 is 0 Å². The third-order valence-corrected chi connectivity index (χ3v) is 10.6. The number of nitrogens with zero attached hydrogens (tertiary/aromatic N) is 2. The van der Waals surface area contributed by atoms with Gasteiger partial charge < -0.3 is 14.1 Å². The van der Waals surface area contributed by atoms with Gasteiger partial charge in [0, 0.05) is 12.5 Å². The van der Waals surface area contributed by atoms with Crippen molar-refractivity contribution in [2.45, 2.75) is 58.3 Å². The number of ether oxygens (including phenoxy) is 1. The van der Waals surface area contributed by atoms with Crippen molar-refractivity contribution in [3.63, 3.8) is 0 Å². The molecule has 245 valence electrons. The largest absolute Gasteiger partial charge is 0.451 e. The van der Waals surface area contributed by atoms with Gasteiger partial charge in [-0.3, -0.25) is 14.4 Å². The summed E-state index contributed by atoms with van der Waals surface area (Å²) in [7, 11) is -1.08. The number of esters is 1. The first kappa shape index (κ1) is 34.3. The van der Waals surface area contributed by atoms with Crippen LogP contribution in [0.3, 0.4) is 0 Å². The molecule has 0 spiro atoms. The summed E-state index contributed by atoms with van der Waals surface area (Å²) in [5, 5.41) is -0.747. The third kappa shape index (κ3) is 7.00. The fraction of sp³-hybridized carbons (Fsp3) is 0.351. The van der Waals surface area contributed by atoms with Crippen LogP contribution >= 0.6 is 11.9 Å². The molecule has 2 aliphatic rings. The molecule has 0 N–H and O–H groups in total. The number of amides is 3. The highest BCUT2D eigenvalue weighted by molar-refractivity contribution is 7.98. The van der Waals surface area contributed by atoms with E-state index in [0.29, 0.717) is 23.3 Å². The summed E-state index contributed by atoms with van der Waals surface area (Å²) in [6, 6.07) is 24.3. The lowest BCUT2D eigenvalue weighted by atomic mass is 9.69. The average Bonchev–Trinajstić information content (AvgIpc) is 3.28. The summed E-state index contributed by atoms with van der Waals surface area (Å²) in [6.07, 6.45) is -0.730. The molecular formula is C37H41N2O6SSi. The monoisotopic (exact) mass is 669 g/mol. The summed E-state index contributed by atoms with van der Waals surface area (Å²) in [5.41, 5.74) is 2.21. The maximum Gasteiger partial charge on any atom is 0.334 e. The molecule has 0 bridgehead atoms. The van der Waals surface area contributed by atoms with E-state index in [1.54, 1.807) is 31.2 Å². The minimum absolute atomic E-state index is 0.262. The van der Waals surface area contributed by atoms with Crippen molar-refractivity contribution in [1.82, 2.24) is 9.21 Å². The first-order valence-corrected chi connectivity index (χ1v) is 18.9. The smallest absolute Gasteiger partial charge is 0.334 e. The van der Waals surface area contributed by atoms with Crippen LogP contribution in [-0.4, -0.2) is 60.0 Å². The highest BCUT2D eigenvalue weighted by atomic mass is 32.2. The molecule has 5 rings (SSSR count). The third-order valence-electron chi connectivity index (χ3n) is 8.60. The predicted octanol–water partition coefficient (Wildman–Crippen LogP) is 6.92. The summed E-state index contributed by atoms with van der Waals surface area (Å²) in [6.45, 7) is 16.3. The molecule has 47 heavy (non-hydrogen) atoms. The number of fused-ring (bicyclic) bond motifs is 1. The van der Waals surface area contributed by atoms with E-state index in [0.717, 1.165) is 27.4 Å². The maximum atomic E-state index is 14.4. The Bertz CT molecular complexity index is 1580. The van der Waals surface area contributed by atoms with Gasteiger partial charge in [-0.1, -0.05) is 100 Å². The Balaban J connectivity index is 1.52. The fourth-order valence-electron chi connectivity index (χ4n) is 6.11. The van der Waals surface area contributed by atoms with Gasteiger partial charge in [0.05, 0.1) is 17.0 Å². The number of imide groups is 1. The second-order valence-corrected chi connectivity index (χ2v) is 16.5. The van der Waals surface area contributed by atoms with Gasteiger partial charge in [-0.15, -0.1) is 0 Å². The van der Waals surface area contributed by atoms with Crippen LogP contribution in [-0.2, 0) is 18.8 Å². The molecule has 10 heteroatoms. The van der Waals surface area contributed by atoms with Crippen LogP contribution in [0.15, 0.2) is 97.1 Å². The van der Waals surface area contributed by atoms with Crippen LogP contribution in [0.2, 0.25) is 13.1 Å². The lowest BCUT2D eigenvalue weighted by Gasteiger charge is -2.54. The molecule has 1 unspecified atom stereocenters. The van der Waals surface area contributed by atoms with Crippen LogP contribution in [0.5, 0.6) is 0 Å². The number of hydrogen-bond donors (Lipinski definition) is 0. The Labute approximate surface area is 283 Å². The molecule has 3 aromatic rings. The number of rotatable bonds is 12. The Hall–Kier alpha value is -3.99. The van der Waals surface area contributed by atoms with Gasteiger partial charge in [0.2, 0.25) is 14.9 Å². The highest BCUT2D eigenvalue weighted by Crippen LogP contribution is 2.50. The average molecular weight is 670 g/mol. The molecule has 0 saturated carbocycles. The van der Waals surface area contributed by atoms with Gasteiger partial charge in [0.25, 0.3) is 11.8 Å². The summed E-state index contributed by atoms with van der Waals surface area (Å²) < 4.78 is 13.5. The minimum Gasteiger partial charge on any atom is -0.451 e. The minimum atomic E-state index is -1.15. The lowest BCUT2D eigenvalue weighted by molar-refractivity contribution is -0.172. The van der Waals surface area contributed by atoms with Crippen molar-refractivity contribution in [2.24, 2.45) is 17.3 Å². The van der Waals surface area contributed by atoms with Crippen molar-refractivity contribution in [1.29, 1.82) is 0 Å². The number of benzene rings is 3. The van der Waals surface area contributed by atoms with Gasteiger partial charge in [-0.25, -0.2) is 9.10 Å². The van der Waals surface area contributed by atoms with Gasteiger partial charge >= 0.3 is 5.97 Å². The molecule has 1 radical (unpaired) electrons. The van der Waals surface area contributed by atoms with Crippen LogP contribution in [0.1, 0.15) is 65.6 Å². The standard InChI is InChI=1S/C37H41N2O6SSi/c1-23(2)30(36(43)45-31(24-16-10-8-11-17-24)25-18-12-9-13-19-25)38-34(42)29(28(37(3,4)5)22-44-47(6)7)35(38)46-39-32(40)26-20-14-15-21-27(26)33(39)41/h8-21,28-31,35H,1,22H2,2-7H3/t28-,29+,30?,35-/m1/s1. The normalized spacial score (nSPS) is 19.1. The highest BCUT2D eigenvalue weighted by Gasteiger charge is 2.59. The van der Waals surface area contributed by atoms with E-state index in [-0.39, 0.29) is 17.2 Å². The Kier molecular flexibility index (Phi) is 10.2. The quantitative estimate of drug-likeness (QED) is 0.0516. The zero-order valence-corrected chi connectivity index (χ0v) is 29.5. The second-order valence-electron chi connectivity index (χ2n) is 13.3. The molecule has 1 saturated heterocycles. The summed E-state index contributed by atoms with van der Waals surface area (Å²) in [5.74, 6) is -2.72. The number of carbonyl (C=O) groups excluding carboxylic acids is 4. The van der Waals surface area contributed by atoms with Crippen LogP contribution in [0.25, 0.3) is 0 Å². The molecule has 1 fully saturated rings. The lowest BCUT2D eigenvalue weighted by Crippen LogP contribution is -2.69. The number of carbonyl (C=O) groups is 4. The number of β-lactam (4-membered cyclic amide) rings is 1. The topological polar surface area (TPSA) is 93.2 Å². The molecule has 0 aliphatic carbocycles. The zero-order chi connectivity index (χ0) is 34.0. The van der Waals surface area contributed by atoms with Crippen LogP contribution in [0, 0.1) is 17.3 Å². The Morgan fingerprint density at radius 3 is 1.81 bits per heavy atom. The summed E-state index contributed by atoms with van der Waals surface area (Å²) >= 11 is 0.983. The van der Waals surface area contributed by atoms with Gasteiger partial charge in [-0.05, 0) is 66.2 Å². The first-order chi connectivity index (χ1) is 22.3. The second kappa shape index (κ2) is 14.0. The van der Waals surface area contributed by atoms with Crippen LogP contribution < -0.4 is 0 Å². The van der Waals surface area contributed by atoms with Crippen molar-refractivity contribution < 1.29 is 28.3 Å². The Morgan fingerprint density at radius 1 is 0.872 bits per heavy atom. The molecule has 3 aromatic carbocycles. The van der Waals surface area contributed by atoms with Crippen molar-refractivity contribution in [3.05, 3.63) is 119 Å². The molecule has 2 aliphatic heterocycles. The molecule has 0 aromatic heterocycles. The molecular weight excluding hydrogens is 629 g/mol. The van der Waals surface area contributed by atoms with Crippen molar-refractivity contribution in [2.75, 3.05) is 6.61 Å². The van der Waals surface area contributed by atoms with Gasteiger partial charge in [0.1, 0.15) is 5.37 Å².